The summed E-state index contributed by atoms with van der Waals surface area (Å²) in [6.07, 6.45) is 4.05. The predicted octanol–water partition coefficient (Wildman–Crippen LogP) is 2.01. The third-order valence-corrected chi connectivity index (χ3v) is 3.96. The highest BCUT2D eigenvalue weighted by Gasteiger charge is 2.26. The van der Waals surface area contributed by atoms with Crippen LogP contribution in [0, 0.1) is 0 Å². The van der Waals surface area contributed by atoms with Gasteiger partial charge >= 0.3 is 0 Å². The third-order valence-electron chi connectivity index (χ3n) is 3.96. The first kappa shape index (κ1) is 15.5. The van der Waals surface area contributed by atoms with Crippen molar-refractivity contribution in [2.75, 3.05) is 33.9 Å². The SMILES string of the molecule is COC(OC)C(C)NCC(c1ccco1)N1CCCC1. The maximum Gasteiger partial charge on any atom is 0.171 e. The lowest BCUT2D eigenvalue weighted by Crippen LogP contribution is -2.44. The normalized spacial score (nSPS) is 19.6. The molecule has 1 aromatic rings. The van der Waals surface area contributed by atoms with Crippen molar-refractivity contribution < 1.29 is 13.9 Å². The molecule has 2 atom stereocenters. The second-order valence-corrected chi connectivity index (χ2v) is 5.31. The number of nitrogens with zero attached hydrogens (tertiary/aromatic N) is 1. The molecule has 0 spiro atoms. The molecule has 2 unspecified atom stereocenters. The molecule has 2 heterocycles. The Morgan fingerprint density at radius 1 is 1.30 bits per heavy atom. The number of ether oxygens (including phenoxy) is 2. The van der Waals surface area contributed by atoms with Gasteiger partial charge in [0.05, 0.1) is 18.3 Å². The minimum absolute atomic E-state index is 0.130. The van der Waals surface area contributed by atoms with E-state index in [-0.39, 0.29) is 18.4 Å². The minimum atomic E-state index is -0.231. The van der Waals surface area contributed by atoms with Gasteiger partial charge in [-0.3, -0.25) is 4.90 Å². The smallest absolute Gasteiger partial charge is 0.171 e. The van der Waals surface area contributed by atoms with Crippen molar-refractivity contribution in [2.45, 2.75) is 38.1 Å². The quantitative estimate of drug-likeness (QED) is 0.739. The molecule has 0 aromatic carbocycles. The molecule has 0 amide bonds. The van der Waals surface area contributed by atoms with Gasteiger partial charge in [-0.2, -0.15) is 0 Å². The Kier molecular flexibility index (Phi) is 6.04. The highest BCUT2D eigenvalue weighted by molar-refractivity contribution is 5.06. The number of nitrogens with one attached hydrogen (secondary N) is 1. The Labute approximate surface area is 121 Å². The van der Waals surface area contributed by atoms with Crippen molar-refractivity contribution in [3.05, 3.63) is 24.2 Å². The lowest BCUT2D eigenvalue weighted by atomic mass is 10.2. The molecule has 20 heavy (non-hydrogen) atoms. The third kappa shape index (κ3) is 3.82. The van der Waals surface area contributed by atoms with Crippen LogP contribution in [0.2, 0.25) is 0 Å². The van der Waals surface area contributed by atoms with Crippen molar-refractivity contribution in [1.29, 1.82) is 0 Å². The second-order valence-electron chi connectivity index (χ2n) is 5.31. The van der Waals surface area contributed by atoms with Gasteiger partial charge in [0.2, 0.25) is 0 Å². The Bertz CT molecular complexity index is 359. The Balaban J connectivity index is 1.94. The van der Waals surface area contributed by atoms with Crippen LogP contribution in [-0.4, -0.2) is 51.1 Å². The van der Waals surface area contributed by atoms with Crippen molar-refractivity contribution in [2.24, 2.45) is 0 Å². The highest BCUT2D eigenvalue weighted by Crippen LogP contribution is 2.25. The molecule has 1 saturated heterocycles. The monoisotopic (exact) mass is 282 g/mol. The summed E-state index contributed by atoms with van der Waals surface area (Å²) >= 11 is 0. The van der Waals surface area contributed by atoms with Crippen LogP contribution in [0.5, 0.6) is 0 Å². The van der Waals surface area contributed by atoms with Crippen molar-refractivity contribution >= 4 is 0 Å². The van der Waals surface area contributed by atoms with E-state index >= 15 is 0 Å². The molecule has 0 bridgehead atoms. The zero-order valence-electron chi connectivity index (χ0n) is 12.7. The van der Waals surface area contributed by atoms with Gasteiger partial charge in [0.15, 0.2) is 6.29 Å². The van der Waals surface area contributed by atoms with Gasteiger partial charge in [-0.15, -0.1) is 0 Å². The summed E-state index contributed by atoms with van der Waals surface area (Å²) in [7, 11) is 3.33. The van der Waals surface area contributed by atoms with E-state index in [1.54, 1.807) is 20.5 Å². The summed E-state index contributed by atoms with van der Waals surface area (Å²) < 4.78 is 16.2. The molecule has 1 fully saturated rings. The van der Waals surface area contributed by atoms with E-state index in [9.17, 15) is 0 Å². The molecule has 1 aliphatic heterocycles. The first-order chi connectivity index (χ1) is 9.76. The van der Waals surface area contributed by atoms with Gasteiger partial charge < -0.3 is 19.2 Å². The van der Waals surface area contributed by atoms with E-state index in [0.29, 0.717) is 0 Å². The summed E-state index contributed by atoms with van der Waals surface area (Å²) in [5.41, 5.74) is 0. The van der Waals surface area contributed by atoms with Crippen molar-refractivity contribution in [1.82, 2.24) is 10.2 Å². The molecule has 1 N–H and O–H groups in total. The maximum absolute atomic E-state index is 5.61. The largest absolute Gasteiger partial charge is 0.468 e. The number of hydrogen-bond acceptors (Lipinski definition) is 5. The van der Waals surface area contributed by atoms with E-state index in [1.165, 1.54) is 12.8 Å². The second kappa shape index (κ2) is 7.78. The average molecular weight is 282 g/mol. The van der Waals surface area contributed by atoms with Crippen molar-refractivity contribution in [3.63, 3.8) is 0 Å². The van der Waals surface area contributed by atoms with E-state index in [2.05, 4.69) is 23.2 Å². The summed E-state index contributed by atoms with van der Waals surface area (Å²) in [6.45, 7) is 5.18. The fourth-order valence-corrected chi connectivity index (χ4v) is 2.84. The van der Waals surface area contributed by atoms with Gasteiger partial charge in [-0.25, -0.2) is 0 Å². The zero-order valence-corrected chi connectivity index (χ0v) is 12.7. The van der Waals surface area contributed by atoms with Gasteiger partial charge in [0.1, 0.15) is 5.76 Å². The van der Waals surface area contributed by atoms with Crippen LogP contribution in [0.3, 0.4) is 0 Å². The molecule has 1 aliphatic rings. The molecule has 0 aliphatic carbocycles. The fraction of sp³-hybridized carbons (Fsp3) is 0.733. The first-order valence-corrected chi connectivity index (χ1v) is 7.32. The van der Waals surface area contributed by atoms with Crippen LogP contribution in [0.4, 0.5) is 0 Å². The zero-order chi connectivity index (χ0) is 14.4. The molecule has 0 saturated carbocycles. The minimum Gasteiger partial charge on any atom is -0.468 e. The molecule has 0 radical (unpaired) electrons. The lowest BCUT2D eigenvalue weighted by molar-refractivity contribution is -0.120. The molecule has 114 valence electrons. The molecule has 2 rings (SSSR count). The Morgan fingerprint density at radius 3 is 2.55 bits per heavy atom. The van der Waals surface area contributed by atoms with Crippen molar-refractivity contribution in [3.8, 4) is 0 Å². The van der Waals surface area contributed by atoms with Crippen LogP contribution in [-0.2, 0) is 9.47 Å². The van der Waals surface area contributed by atoms with E-state index in [0.717, 1.165) is 25.4 Å². The van der Waals surface area contributed by atoms with Gasteiger partial charge in [-0.05, 0) is 45.0 Å². The van der Waals surface area contributed by atoms with Gasteiger partial charge in [0.25, 0.3) is 0 Å². The van der Waals surface area contributed by atoms with Crippen LogP contribution in [0.15, 0.2) is 22.8 Å². The Morgan fingerprint density at radius 2 is 2.00 bits per heavy atom. The summed E-state index contributed by atoms with van der Waals surface area (Å²) in [6, 6.07) is 4.42. The van der Waals surface area contributed by atoms with Gasteiger partial charge in [0, 0.05) is 20.8 Å². The lowest BCUT2D eigenvalue weighted by Gasteiger charge is -2.29. The van der Waals surface area contributed by atoms with Crippen LogP contribution in [0.25, 0.3) is 0 Å². The molecular formula is C15H26N2O3. The van der Waals surface area contributed by atoms with Crippen LogP contribution in [0.1, 0.15) is 31.6 Å². The number of hydrogen-bond donors (Lipinski definition) is 1. The number of methoxy groups -OCH3 is 2. The summed E-state index contributed by atoms with van der Waals surface area (Å²) in [5, 5.41) is 3.50. The molecule has 1 aromatic heterocycles. The Hall–Kier alpha value is -0.880. The summed E-state index contributed by atoms with van der Waals surface area (Å²) in [4.78, 5) is 2.48. The highest BCUT2D eigenvalue weighted by atomic mass is 16.7. The molecular weight excluding hydrogens is 256 g/mol. The maximum atomic E-state index is 5.61. The number of likely N-dealkylation sites (tertiary alicyclic amines) is 1. The van der Waals surface area contributed by atoms with Crippen LogP contribution < -0.4 is 5.32 Å². The number of furan rings is 1. The van der Waals surface area contributed by atoms with Crippen LogP contribution >= 0.6 is 0 Å². The van der Waals surface area contributed by atoms with E-state index in [4.69, 9.17) is 13.9 Å². The standard InChI is InChI=1S/C15H26N2O3/c1-12(15(18-2)19-3)16-11-13(14-7-6-10-20-14)17-8-4-5-9-17/h6-7,10,12-13,15-16H,4-5,8-9,11H2,1-3H3. The van der Waals surface area contributed by atoms with E-state index < -0.39 is 0 Å². The molecule has 5 heteroatoms. The fourth-order valence-electron chi connectivity index (χ4n) is 2.84. The first-order valence-electron chi connectivity index (χ1n) is 7.32. The number of rotatable bonds is 8. The summed E-state index contributed by atoms with van der Waals surface area (Å²) in [5.74, 6) is 1.03. The average Bonchev–Trinajstić information content (AvgIpc) is 3.13. The molecule has 5 nitrogen and oxygen atoms in total. The van der Waals surface area contributed by atoms with Gasteiger partial charge in [-0.1, -0.05) is 0 Å². The van der Waals surface area contributed by atoms with E-state index in [1.807, 2.05) is 6.07 Å². The topological polar surface area (TPSA) is 46.9 Å². The predicted molar refractivity (Wildman–Crippen MR) is 77.5 cm³/mol.